The molecule has 0 saturated carbocycles. The van der Waals surface area contributed by atoms with Crippen LogP contribution in [0, 0.1) is 0 Å². The molecule has 0 radical (unpaired) electrons. The van der Waals surface area contributed by atoms with E-state index in [0.717, 1.165) is 26.5 Å². The highest BCUT2D eigenvalue weighted by Gasteiger charge is 2.19. The lowest BCUT2D eigenvalue weighted by Gasteiger charge is -2.24. The summed E-state index contributed by atoms with van der Waals surface area (Å²) in [4.78, 5) is 0. The number of hydrogen-bond donors (Lipinski definition) is 1. The van der Waals surface area contributed by atoms with Crippen LogP contribution < -0.4 is 5.73 Å². The number of nitrogens with two attached hydrogens (primary N) is 1. The average Bonchev–Trinajstić information content (AvgIpc) is 2.50. The summed E-state index contributed by atoms with van der Waals surface area (Å²) in [5.74, 6) is 0. The summed E-state index contributed by atoms with van der Waals surface area (Å²) < 4.78 is 8.22. The van der Waals surface area contributed by atoms with Gasteiger partial charge in [-0.3, -0.25) is 0 Å². The van der Waals surface area contributed by atoms with Gasteiger partial charge in [-0.05, 0) is 41.8 Å². The van der Waals surface area contributed by atoms with Gasteiger partial charge in [0.25, 0.3) is 0 Å². The Morgan fingerprint density at radius 3 is 2.00 bits per heavy atom. The van der Waals surface area contributed by atoms with Gasteiger partial charge >= 0.3 is 0 Å². The van der Waals surface area contributed by atoms with Gasteiger partial charge in [0.15, 0.2) is 0 Å². The van der Waals surface area contributed by atoms with Crippen molar-refractivity contribution < 1.29 is 4.74 Å². The molecule has 112 valence electrons. The topological polar surface area (TPSA) is 35.2 Å². The molecule has 2 rings (SSSR count). The maximum Gasteiger partial charge on any atom is 0.0980 e. The van der Waals surface area contributed by atoms with Gasteiger partial charge in [0, 0.05) is 15.0 Å². The van der Waals surface area contributed by atoms with Crippen LogP contribution in [0.3, 0.4) is 0 Å². The van der Waals surface area contributed by atoms with Crippen LogP contribution in [0.1, 0.15) is 30.6 Å². The number of halogens is 2. The highest BCUT2D eigenvalue weighted by Crippen LogP contribution is 2.25. The zero-order chi connectivity index (χ0) is 15.2. The van der Waals surface area contributed by atoms with E-state index in [4.69, 9.17) is 10.5 Å². The van der Waals surface area contributed by atoms with E-state index < -0.39 is 0 Å². The number of hydrogen-bond acceptors (Lipinski definition) is 2. The zero-order valence-electron chi connectivity index (χ0n) is 11.9. The highest BCUT2D eigenvalue weighted by molar-refractivity contribution is 9.10. The van der Waals surface area contributed by atoms with E-state index in [1.165, 1.54) is 0 Å². The van der Waals surface area contributed by atoms with E-state index in [9.17, 15) is 0 Å². The Bertz CT molecular complexity index is 554. The largest absolute Gasteiger partial charge is 0.367 e. The lowest BCUT2D eigenvalue weighted by atomic mass is 10.0. The third kappa shape index (κ3) is 4.92. The first-order valence-electron chi connectivity index (χ1n) is 6.97. The molecule has 2 aromatic carbocycles. The minimum absolute atomic E-state index is 0.0124. The normalized spacial score (nSPS) is 13.9. The summed E-state index contributed by atoms with van der Waals surface area (Å²) in [6.07, 6.45) is 0.785. The fourth-order valence-corrected chi connectivity index (χ4v) is 2.63. The van der Waals surface area contributed by atoms with E-state index in [1.807, 2.05) is 24.3 Å². The minimum atomic E-state index is -0.0910. The van der Waals surface area contributed by atoms with Crippen molar-refractivity contribution >= 4 is 31.9 Å². The molecule has 0 bridgehead atoms. The van der Waals surface area contributed by atoms with Crippen LogP contribution in [0.15, 0.2) is 57.5 Å². The molecule has 0 aliphatic rings. The molecule has 0 aliphatic carbocycles. The smallest absolute Gasteiger partial charge is 0.0980 e. The first kappa shape index (κ1) is 16.7. The van der Waals surface area contributed by atoms with Gasteiger partial charge in [0.05, 0.1) is 12.7 Å². The second-order valence-electron chi connectivity index (χ2n) is 4.98. The number of rotatable bonds is 6. The van der Waals surface area contributed by atoms with Crippen LogP contribution in [0.5, 0.6) is 0 Å². The molecule has 0 saturated heterocycles. The summed E-state index contributed by atoms with van der Waals surface area (Å²) in [7, 11) is 0. The van der Waals surface area contributed by atoms with Gasteiger partial charge in [-0.2, -0.15) is 0 Å². The van der Waals surface area contributed by atoms with Crippen molar-refractivity contribution in [3.8, 4) is 0 Å². The van der Waals surface area contributed by atoms with Crippen LogP contribution in [0.4, 0.5) is 0 Å². The molecule has 2 aromatic rings. The Hall–Kier alpha value is -0.680. The molecule has 4 heteroatoms. The molecule has 0 heterocycles. The fourth-order valence-electron chi connectivity index (χ4n) is 2.10. The van der Waals surface area contributed by atoms with Crippen LogP contribution in [-0.4, -0.2) is 6.04 Å². The summed E-state index contributed by atoms with van der Waals surface area (Å²) in [6, 6.07) is 16.3. The van der Waals surface area contributed by atoms with Crippen molar-refractivity contribution in [1.82, 2.24) is 0 Å². The van der Waals surface area contributed by atoms with Gasteiger partial charge in [-0.25, -0.2) is 0 Å². The van der Waals surface area contributed by atoms with Crippen LogP contribution in [-0.2, 0) is 11.3 Å². The lowest BCUT2D eigenvalue weighted by Crippen LogP contribution is -2.29. The van der Waals surface area contributed by atoms with Gasteiger partial charge < -0.3 is 10.5 Å². The standard InChI is InChI=1S/C17H19Br2NO/c1-2-16(20)17(13-5-9-15(19)10-6-13)21-11-12-3-7-14(18)8-4-12/h3-10,16-17H,2,11,20H2,1H3. The lowest BCUT2D eigenvalue weighted by molar-refractivity contribution is 0.0212. The molecule has 0 spiro atoms. The molecular weight excluding hydrogens is 394 g/mol. The Morgan fingerprint density at radius 1 is 0.952 bits per heavy atom. The number of ether oxygens (including phenoxy) is 1. The third-order valence-corrected chi connectivity index (χ3v) is 4.46. The minimum Gasteiger partial charge on any atom is -0.367 e. The Kier molecular flexibility index (Phi) is 6.42. The van der Waals surface area contributed by atoms with Gasteiger partial charge in [0.1, 0.15) is 0 Å². The SMILES string of the molecule is CCC(N)C(OCc1ccc(Br)cc1)c1ccc(Br)cc1. The molecular formula is C17H19Br2NO. The number of benzene rings is 2. The van der Waals surface area contributed by atoms with Crippen LogP contribution >= 0.6 is 31.9 Å². The molecule has 0 amide bonds. The monoisotopic (exact) mass is 411 g/mol. The Morgan fingerprint density at radius 2 is 1.48 bits per heavy atom. The summed E-state index contributed by atoms with van der Waals surface area (Å²) >= 11 is 6.89. The molecule has 21 heavy (non-hydrogen) atoms. The summed E-state index contributed by atoms with van der Waals surface area (Å²) in [6.45, 7) is 2.64. The van der Waals surface area contributed by atoms with Crippen molar-refractivity contribution in [2.45, 2.75) is 32.1 Å². The molecule has 2 N–H and O–H groups in total. The van der Waals surface area contributed by atoms with E-state index >= 15 is 0 Å². The average molecular weight is 413 g/mol. The second-order valence-corrected chi connectivity index (χ2v) is 6.81. The predicted octanol–water partition coefficient (Wildman–Crippen LogP) is 5.21. The first-order chi connectivity index (χ1) is 10.1. The van der Waals surface area contributed by atoms with E-state index in [2.05, 4.69) is 63.0 Å². The maximum atomic E-state index is 6.23. The van der Waals surface area contributed by atoms with E-state index in [0.29, 0.717) is 6.61 Å². The second kappa shape index (κ2) is 8.08. The molecule has 0 aliphatic heterocycles. The van der Waals surface area contributed by atoms with Crippen molar-refractivity contribution in [2.75, 3.05) is 0 Å². The fraction of sp³-hybridized carbons (Fsp3) is 0.294. The van der Waals surface area contributed by atoms with Crippen LogP contribution in [0.25, 0.3) is 0 Å². The summed E-state index contributed by atoms with van der Waals surface area (Å²) in [5, 5.41) is 0. The molecule has 0 fully saturated rings. The highest BCUT2D eigenvalue weighted by atomic mass is 79.9. The first-order valence-corrected chi connectivity index (χ1v) is 8.56. The molecule has 2 atom stereocenters. The summed E-state index contributed by atoms with van der Waals surface area (Å²) in [5.41, 5.74) is 8.49. The Labute approximate surface area is 143 Å². The van der Waals surface area contributed by atoms with Crippen molar-refractivity contribution in [1.29, 1.82) is 0 Å². The van der Waals surface area contributed by atoms with Gasteiger partial charge in [-0.15, -0.1) is 0 Å². The zero-order valence-corrected chi connectivity index (χ0v) is 15.1. The third-order valence-electron chi connectivity index (χ3n) is 3.40. The Balaban J connectivity index is 2.09. The maximum absolute atomic E-state index is 6.23. The van der Waals surface area contributed by atoms with Crippen molar-refractivity contribution in [2.24, 2.45) is 5.73 Å². The van der Waals surface area contributed by atoms with E-state index in [1.54, 1.807) is 0 Å². The van der Waals surface area contributed by atoms with Gasteiger partial charge in [-0.1, -0.05) is 63.0 Å². The quantitative estimate of drug-likeness (QED) is 0.706. The van der Waals surface area contributed by atoms with Crippen molar-refractivity contribution in [3.63, 3.8) is 0 Å². The van der Waals surface area contributed by atoms with E-state index in [-0.39, 0.29) is 12.1 Å². The predicted molar refractivity (Wildman–Crippen MR) is 94.1 cm³/mol. The van der Waals surface area contributed by atoms with Gasteiger partial charge in [0.2, 0.25) is 0 Å². The molecule has 0 aromatic heterocycles. The molecule has 2 nitrogen and oxygen atoms in total. The van der Waals surface area contributed by atoms with Crippen LogP contribution in [0.2, 0.25) is 0 Å². The molecule has 2 unspecified atom stereocenters. The van der Waals surface area contributed by atoms with Crippen molar-refractivity contribution in [3.05, 3.63) is 68.6 Å².